The molecule has 1 fully saturated rings. The van der Waals surface area contributed by atoms with Crippen LogP contribution in [0.1, 0.15) is 13.8 Å². The highest BCUT2D eigenvalue weighted by molar-refractivity contribution is 6.05. The summed E-state index contributed by atoms with van der Waals surface area (Å²) in [5, 5.41) is 11.1. The van der Waals surface area contributed by atoms with E-state index in [1.807, 2.05) is 0 Å². The normalized spacial score (nSPS) is 27.5. The first kappa shape index (κ1) is 10.6. The third-order valence-electron chi connectivity index (χ3n) is 2.14. The van der Waals surface area contributed by atoms with Gasteiger partial charge in [0.15, 0.2) is 0 Å². The Kier molecular flexibility index (Phi) is 2.85. The van der Waals surface area contributed by atoms with Crippen molar-refractivity contribution in [3.05, 3.63) is 0 Å². The quantitative estimate of drug-likeness (QED) is 0.525. The first-order chi connectivity index (χ1) is 6.49. The van der Waals surface area contributed by atoms with Gasteiger partial charge in [0.2, 0.25) is 11.8 Å². The Morgan fingerprint density at radius 3 is 2.57 bits per heavy atom. The fourth-order valence-corrected chi connectivity index (χ4v) is 1.38. The van der Waals surface area contributed by atoms with Crippen LogP contribution in [0.2, 0.25) is 0 Å². The van der Waals surface area contributed by atoms with Crippen LogP contribution in [0.25, 0.3) is 0 Å². The van der Waals surface area contributed by atoms with Crippen LogP contribution in [0.4, 0.5) is 0 Å². The maximum Gasteiger partial charge on any atom is 0.254 e. The predicted octanol–water partition coefficient (Wildman–Crippen LogP) is -1.76. The minimum atomic E-state index is -0.998. The minimum absolute atomic E-state index is 0.432. The summed E-state index contributed by atoms with van der Waals surface area (Å²) < 4.78 is 0. The van der Waals surface area contributed by atoms with E-state index in [1.165, 1.54) is 13.8 Å². The lowest BCUT2D eigenvalue weighted by molar-refractivity contribution is -0.157. The number of hydrogen-bond donors (Lipinski definition) is 2. The number of nitrogens with zero attached hydrogens (tertiary/aromatic N) is 1. The van der Waals surface area contributed by atoms with E-state index in [4.69, 9.17) is 5.11 Å². The molecule has 1 unspecified atom stereocenters. The van der Waals surface area contributed by atoms with E-state index in [0.29, 0.717) is 0 Å². The largest absolute Gasteiger partial charge is 0.394 e. The van der Waals surface area contributed by atoms with Crippen LogP contribution in [0.3, 0.4) is 0 Å². The molecule has 3 amide bonds. The summed E-state index contributed by atoms with van der Waals surface area (Å²) in [6, 6.07) is -1.80. The van der Waals surface area contributed by atoms with Crippen molar-refractivity contribution in [1.29, 1.82) is 0 Å². The highest BCUT2D eigenvalue weighted by atomic mass is 16.3. The molecule has 2 N–H and O–H groups in total. The lowest BCUT2D eigenvalue weighted by Gasteiger charge is -2.34. The van der Waals surface area contributed by atoms with Crippen molar-refractivity contribution >= 4 is 17.7 Å². The van der Waals surface area contributed by atoms with Gasteiger partial charge in [0.25, 0.3) is 5.91 Å². The Morgan fingerprint density at radius 1 is 1.57 bits per heavy atom. The molecule has 6 nitrogen and oxygen atoms in total. The average Bonchev–Trinajstić information content (AvgIpc) is 2.11. The molecular weight excluding hydrogens is 188 g/mol. The second-order valence-corrected chi connectivity index (χ2v) is 3.15. The van der Waals surface area contributed by atoms with Crippen LogP contribution in [0.5, 0.6) is 0 Å². The maximum absolute atomic E-state index is 11.5. The Morgan fingerprint density at radius 2 is 2.14 bits per heavy atom. The summed E-state index contributed by atoms with van der Waals surface area (Å²) in [5.41, 5.74) is 0. The van der Waals surface area contributed by atoms with Gasteiger partial charge in [-0.15, -0.1) is 0 Å². The van der Waals surface area contributed by atoms with Crippen molar-refractivity contribution < 1.29 is 19.5 Å². The molecule has 0 spiro atoms. The van der Waals surface area contributed by atoms with Gasteiger partial charge in [-0.05, 0) is 6.92 Å². The molecule has 0 aliphatic carbocycles. The van der Waals surface area contributed by atoms with Crippen molar-refractivity contribution in [2.24, 2.45) is 0 Å². The van der Waals surface area contributed by atoms with E-state index in [9.17, 15) is 14.4 Å². The Balaban J connectivity index is 2.95. The molecule has 1 saturated heterocycles. The van der Waals surface area contributed by atoms with E-state index < -0.39 is 36.4 Å². The first-order valence-corrected chi connectivity index (χ1v) is 4.24. The van der Waals surface area contributed by atoms with Gasteiger partial charge in [0, 0.05) is 6.92 Å². The van der Waals surface area contributed by atoms with Gasteiger partial charge < -0.3 is 10.4 Å². The Bertz CT molecular complexity index is 289. The van der Waals surface area contributed by atoms with Crippen LogP contribution in [0, 0.1) is 0 Å². The number of hydrogen-bond acceptors (Lipinski definition) is 4. The number of carbonyl (C=O) groups excluding carboxylic acids is 3. The highest BCUT2D eigenvalue weighted by Crippen LogP contribution is 2.09. The van der Waals surface area contributed by atoms with Crippen molar-refractivity contribution in [2.75, 3.05) is 6.61 Å². The average molecular weight is 200 g/mol. The zero-order valence-corrected chi connectivity index (χ0v) is 7.98. The van der Waals surface area contributed by atoms with Crippen molar-refractivity contribution in [3.8, 4) is 0 Å². The maximum atomic E-state index is 11.5. The SMILES string of the molecule is CC(=O)N1C(=O)C(CO)NC(=O)[C@@H]1C. The van der Waals surface area contributed by atoms with E-state index >= 15 is 0 Å². The summed E-state index contributed by atoms with van der Waals surface area (Å²) in [5.74, 6) is -1.48. The third kappa shape index (κ3) is 1.60. The summed E-state index contributed by atoms with van der Waals surface area (Å²) in [4.78, 5) is 34.7. The number of piperazine rings is 1. The third-order valence-corrected chi connectivity index (χ3v) is 2.14. The lowest BCUT2D eigenvalue weighted by atomic mass is 10.1. The number of aliphatic hydroxyl groups is 1. The minimum Gasteiger partial charge on any atom is -0.394 e. The number of imide groups is 1. The molecule has 14 heavy (non-hydrogen) atoms. The topological polar surface area (TPSA) is 86.7 Å². The molecular formula is C8H12N2O4. The molecule has 1 heterocycles. The van der Waals surface area contributed by atoms with Crippen LogP contribution >= 0.6 is 0 Å². The van der Waals surface area contributed by atoms with Gasteiger partial charge in [-0.3, -0.25) is 19.3 Å². The molecule has 6 heteroatoms. The smallest absolute Gasteiger partial charge is 0.254 e. The Labute approximate surface area is 80.9 Å². The molecule has 0 aromatic rings. The van der Waals surface area contributed by atoms with Gasteiger partial charge in [-0.2, -0.15) is 0 Å². The Hall–Kier alpha value is -1.43. The van der Waals surface area contributed by atoms with Gasteiger partial charge in [0.05, 0.1) is 6.61 Å². The summed E-state index contributed by atoms with van der Waals surface area (Å²) >= 11 is 0. The van der Waals surface area contributed by atoms with Crippen LogP contribution in [-0.2, 0) is 14.4 Å². The number of amides is 3. The molecule has 1 rings (SSSR count). The molecule has 1 aliphatic rings. The van der Waals surface area contributed by atoms with Crippen LogP contribution in [-0.4, -0.2) is 46.4 Å². The van der Waals surface area contributed by atoms with Crippen LogP contribution in [0.15, 0.2) is 0 Å². The van der Waals surface area contributed by atoms with Crippen molar-refractivity contribution in [3.63, 3.8) is 0 Å². The number of nitrogens with one attached hydrogen (secondary N) is 1. The van der Waals surface area contributed by atoms with Gasteiger partial charge >= 0.3 is 0 Å². The summed E-state index contributed by atoms with van der Waals surface area (Å²) in [6.45, 7) is 2.17. The zero-order valence-electron chi connectivity index (χ0n) is 7.98. The molecule has 0 saturated carbocycles. The van der Waals surface area contributed by atoms with Crippen molar-refractivity contribution in [1.82, 2.24) is 10.2 Å². The van der Waals surface area contributed by atoms with Crippen LogP contribution < -0.4 is 5.32 Å². The van der Waals surface area contributed by atoms with E-state index in [-0.39, 0.29) is 0 Å². The second-order valence-electron chi connectivity index (χ2n) is 3.15. The van der Waals surface area contributed by atoms with E-state index in [1.54, 1.807) is 0 Å². The van der Waals surface area contributed by atoms with Gasteiger partial charge in [-0.1, -0.05) is 0 Å². The molecule has 2 atom stereocenters. The van der Waals surface area contributed by atoms with Crippen molar-refractivity contribution in [2.45, 2.75) is 25.9 Å². The summed E-state index contributed by atoms with van der Waals surface area (Å²) in [7, 11) is 0. The molecule has 0 aromatic heterocycles. The fourth-order valence-electron chi connectivity index (χ4n) is 1.38. The number of aliphatic hydroxyl groups excluding tert-OH is 1. The van der Waals surface area contributed by atoms with E-state index in [2.05, 4.69) is 5.32 Å². The van der Waals surface area contributed by atoms with E-state index in [0.717, 1.165) is 4.90 Å². The fraction of sp³-hybridized carbons (Fsp3) is 0.625. The lowest BCUT2D eigenvalue weighted by Crippen LogP contribution is -2.64. The molecule has 0 aromatic carbocycles. The molecule has 1 aliphatic heterocycles. The molecule has 0 radical (unpaired) electrons. The monoisotopic (exact) mass is 200 g/mol. The van der Waals surface area contributed by atoms with Gasteiger partial charge in [-0.25, -0.2) is 0 Å². The molecule has 78 valence electrons. The zero-order chi connectivity index (χ0) is 10.9. The summed E-state index contributed by atoms with van der Waals surface area (Å²) in [6.07, 6.45) is 0. The molecule has 0 bridgehead atoms. The highest BCUT2D eigenvalue weighted by Gasteiger charge is 2.39. The number of rotatable bonds is 1. The standard InChI is InChI=1S/C8H12N2O4/c1-4-7(13)9-6(3-11)8(14)10(4)5(2)12/h4,6,11H,3H2,1-2H3,(H,9,13)/t4-,6?/m0/s1. The number of carbonyl (C=O) groups is 3. The van der Waals surface area contributed by atoms with Gasteiger partial charge in [0.1, 0.15) is 12.1 Å². The first-order valence-electron chi connectivity index (χ1n) is 4.24. The predicted molar refractivity (Wildman–Crippen MR) is 46.0 cm³/mol. The second kappa shape index (κ2) is 3.75.